The minimum absolute atomic E-state index is 0.222. The highest BCUT2D eigenvalue weighted by Crippen LogP contribution is 2.47. The SMILES string of the molecule is CC(C)CN1CC2CC1C2C(=O)C(C)C. The highest BCUT2D eigenvalue weighted by molar-refractivity contribution is 5.85. The number of Topliss-reactive ketones (excluding diaryl/α,β-unsaturated/α-hetero) is 1. The van der Waals surface area contributed by atoms with E-state index in [1.165, 1.54) is 19.5 Å². The van der Waals surface area contributed by atoms with Crippen LogP contribution >= 0.6 is 0 Å². The average molecular weight is 209 g/mol. The summed E-state index contributed by atoms with van der Waals surface area (Å²) < 4.78 is 0. The number of carbonyl (C=O) groups is 1. The van der Waals surface area contributed by atoms with Gasteiger partial charge in [-0.2, -0.15) is 0 Å². The lowest BCUT2D eigenvalue weighted by atomic mass is 9.69. The van der Waals surface area contributed by atoms with E-state index in [2.05, 4.69) is 18.7 Å². The van der Waals surface area contributed by atoms with E-state index < -0.39 is 0 Å². The molecule has 1 aliphatic carbocycles. The number of hydrogen-bond donors (Lipinski definition) is 0. The monoisotopic (exact) mass is 209 g/mol. The van der Waals surface area contributed by atoms with Gasteiger partial charge in [0, 0.05) is 31.0 Å². The van der Waals surface area contributed by atoms with Crippen molar-refractivity contribution >= 4 is 5.78 Å². The first-order valence-electron chi connectivity index (χ1n) is 6.28. The molecule has 3 rings (SSSR count). The van der Waals surface area contributed by atoms with Crippen LogP contribution in [0.2, 0.25) is 0 Å². The van der Waals surface area contributed by atoms with Gasteiger partial charge in [-0.15, -0.1) is 0 Å². The van der Waals surface area contributed by atoms with E-state index in [9.17, 15) is 4.79 Å². The van der Waals surface area contributed by atoms with Gasteiger partial charge in [-0.1, -0.05) is 27.7 Å². The largest absolute Gasteiger partial charge is 0.299 e. The number of fused-ring (bicyclic) bond motifs is 1. The second-order valence-electron chi connectivity index (χ2n) is 5.99. The molecule has 0 aromatic heterocycles. The van der Waals surface area contributed by atoms with Gasteiger partial charge in [-0.05, 0) is 18.3 Å². The van der Waals surface area contributed by atoms with Crippen molar-refractivity contribution in [1.82, 2.24) is 4.90 Å². The molecule has 0 radical (unpaired) electrons. The van der Waals surface area contributed by atoms with Crippen LogP contribution in [0.3, 0.4) is 0 Å². The van der Waals surface area contributed by atoms with Gasteiger partial charge in [-0.3, -0.25) is 9.69 Å². The summed E-state index contributed by atoms with van der Waals surface area (Å²) in [6.07, 6.45) is 1.27. The molecule has 3 aliphatic rings. The molecule has 1 saturated carbocycles. The maximum atomic E-state index is 12.0. The zero-order chi connectivity index (χ0) is 11.2. The Hall–Kier alpha value is -0.370. The predicted molar refractivity (Wildman–Crippen MR) is 61.6 cm³/mol. The molecule has 86 valence electrons. The molecule has 2 heterocycles. The van der Waals surface area contributed by atoms with Gasteiger partial charge in [0.05, 0.1) is 0 Å². The van der Waals surface area contributed by atoms with E-state index in [4.69, 9.17) is 0 Å². The number of hydrogen-bond acceptors (Lipinski definition) is 2. The van der Waals surface area contributed by atoms with Crippen LogP contribution in [0.15, 0.2) is 0 Å². The van der Waals surface area contributed by atoms with Gasteiger partial charge >= 0.3 is 0 Å². The van der Waals surface area contributed by atoms with Crippen molar-refractivity contribution in [1.29, 1.82) is 0 Å². The second-order valence-corrected chi connectivity index (χ2v) is 5.99. The van der Waals surface area contributed by atoms with Crippen molar-refractivity contribution in [3.63, 3.8) is 0 Å². The Morgan fingerprint density at radius 2 is 2.00 bits per heavy atom. The summed E-state index contributed by atoms with van der Waals surface area (Å²) in [5, 5.41) is 0. The quantitative estimate of drug-likeness (QED) is 0.707. The van der Waals surface area contributed by atoms with Gasteiger partial charge in [0.15, 0.2) is 0 Å². The zero-order valence-electron chi connectivity index (χ0n) is 10.4. The Kier molecular flexibility index (Phi) is 2.89. The summed E-state index contributed by atoms with van der Waals surface area (Å²) in [4.78, 5) is 14.5. The van der Waals surface area contributed by atoms with Crippen molar-refractivity contribution in [2.45, 2.75) is 40.2 Å². The summed E-state index contributed by atoms with van der Waals surface area (Å²) in [5.41, 5.74) is 0. The molecule has 2 heteroatoms. The molecule has 2 bridgehead atoms. The number of nitrogens with zero attached hydrogens (tertiary/aromatic N) is 1. The van der Waals surface area contributed by atoms with Gasteiger partial charge in [0.25, 0.3) is 0 Å². The minimum Gasteiger partial charge on any atom is -0.299 e. The average Bonchev–Trinajstić information content (AvgIpc) is 2.59. The molecule has 2 aliphatic heterocycles. The maximum absolute atomic E-state index is 12.0. The predicted octanol–water partition coefficient (Wildman–Crippen LogP) is 2.19. The zero-order valence-corrected chi connectivity index (χ0v) is 10.4. The van der Waals surface area contributed by atoms with Crippen LogP contribution in [0.25, 0.3) is 0 Å². The third-order valence-electron chi connectivity index (χ3n) is 3.90. The molecule has 3 fully saturated rings. The molecule has 0 amide bonds. The summed E-state index contributed by atoms with van der Waals surface area (Å²) >= 11 is 0. The van der Waals surface area contributed by atoms with Crippen LogP contribution in [0.4, 0.5) is 0 Å². The smallest absolute Gasteiger partial charge is 0.140 e. The van der Waals surface area contributed by atoms with Crippen molar-refractivity contribution in [2.24, 2.45) is 23.7 Å². The molecule has 0 aromatic rings. The first kappa shape index (κ1) is 11.1. The first-order valence-corrected chi connectivity index (χ1v) is 6.28. The number of carbonyl (C=O) groups excluding carboxylic acids is 1. The van der Waals surface area contributed by atoms with Crippen LogP contribution in [0.1, 0.15) is 34.1 Å². The third kappa shape index (κ3) is 1.84. The summed E-state index contributed by atoms with van der Waals surface area (Å²) in [5.74, 6) is 2.51. The fourth-order valence-corrected chi connectivity index (χ4v) is 3.21. The molecule has 2 saturated heterocycles. The Labute approximate surface area is 93.0 Å². The van der Waals surface area contributed by atoms with Gasteiger partial charge < -0.3 is 0 Å². The lowest BCUT2D eigenvalue weighted by molar-refractivity contribution is -0.131. The van der Waals surface area contributed by atoms with Crippen molar-refractivity contribution in [3.05, 3.63) is 0 Å². The second kappa shape index (κ2) is 3.89. The lowest BCUT2D eigenvalue weighted by Gasteiger charge is -2.37. The van der Waals surface area contributed by atoms with Crippen LogP contribution in [0, 0.1) is 23.7 Å². The molecule has 15 heavy (non-hydrogen) atoms. The van der Waals surface area contributed by atoms with Crippen LogP contribution in [-0.4, -0.2) is 29.8 Å². The van der Waals surface area contributed by atoms with Gasteiger partial charge in [0.1, 0.15) is 5.78 Å². The highest BCUT2D eigenvalue weighted by atomic mass is 16.1. The molecule has 3 atom stereocenters. The van der Waals surface area contributed by atoms with Crippen LogP contribution in [0.5, 0.6) is 0 Å². The van der Waals surface area contributed by atoms with Crippen LogP contribution < -0.4 is 0 Å². The molecule has 3 unspecified atom stereocenters. The van der Waals surface area contributed by atoms with Crippen molar-refractivity contribution in [3.8, 4) is 0 Å². The van der Waals surface area contributed by atoms with E-state index in [1.54, 1.807) is 0 Å². The summed E-state index contributed by atoms with van der Waals surface area (Å²) in [6, 6.07) is 0.590. The standard InChI is InChI=1S/C13H23NO/c1-8(2)6-14-7-10-5-11(14)12(10)13(15)9(3)4/h8-12H,5-7H2,1-4H3. The molecular weight excluding hydrogens is 186 g/mol. The number of rotatable bonds is 4. The molecule has 2 nitrogen and oxygen atoms in total. The Morgan fingerprint density at radius 1 is 1.33 bits per heavy atom. The van der Waals surface area contributed by atoms with Gasteiger partial charge in [0.2, 0.25) is 0 Å². The maximum Gasteiger partial charge on any atom is 0.140 e. The fraction of sp³-hybridized carbons (Fsp3) is 0.923. The molecule has 0 spiro atoms. The van der Waals surface area contributed by atoms with E-state index in [-0.39, 0.29) is 5.92 Å². The number of ketones is 1. The van der Waals surface area contributed by atoms with E-state index in [1.807, 2.05) is 13.8 Å². The van der Waals surface area contributed by atoms with E-state index >= 15 is 0 Å². The molecule has 0 N–H and O–H groups in total. The van der Waals surface area contributed by atoms with E-state index in [0.29, 0.717) is 23.7 Å². The minimum atomic E-state index is 0.222. The summed E-state index contributed by atoms with van der Waals surface area (Å²) in [7, 11) is 0. The lowest BCUT2D eigenvalue weighted by Crippen LogP contribution is -2.45. The Morgan fingerprint density at radius 3 is 2.53 bits per heavy atom. The van der Waals surface area contributed by atoms with E-state index in [0.717, 1.165) is 5.92 Å². The van der Waals surface area contributed by atoms with Crippen molar-refractivity contribution in [2.75, 3.05) is 13.1 Å². The van der Waals surface area contributed by atoms with Crippen molar-refractivity contribution < 1.29 is 4.79 Å². The Balaban J connectivity index is 1.96. The van der Waals surface area contributed by atoms with Crippen LogP contribution in [-0.2, 0) is 4.79 Å². The first-order chi connectivity index (χ1) is 7.00. The molecule has 0 aromatic carbocycles. The normalized spacial score (nSPS) is 34.9. The molecular formula is C13H23NO. The highest BCUT2D eigenvalue weighted by Gasteiger charge is 2.54. The van der Waals surface area contributed by atoms with Gasteiger partial charge in [-0.25, -0.2) is 0 Å². The fourth-order valence-electron chi connectivity index (χ4n) is 3.21. The Bertz CT molecular complexity index is 259. The summed E-state index contributed by atoms with van der Waals surface area (Å²) in [6.45, 7) is 10.9. The third-order valence-corrected chi connectivity index (χ3v) is 3.90. The topological polar surface area (TPSA) is 20.3 Å².